The molecule has 1 fully saturated rings. The summed E-state index contributed by atoms with van der Waals surface area (Å²) in [5.74, 6) is -0.394. The molecule has 110 valence electrons. The average Bonchev–Trinajstić information content (AvgIpc) is 2.49. The third-order valence-corrected chi connectivity index (χ3v) is 3.51. The molecule has 6 nitrogen and oxygen atoms in total. The summed E-state index contributed by atoms with van der Waals surface area (Å²) in [5.41, 5.74) is 1.15. The van der Waals surface area contributed by atoms with Crippen LogP contribution in [0, 0.1) is 0 Å². The second-order valence-electron chi connectivity index (χ2n) is 5.03. The fourth-order valence-corrected chi connectivity index (χ4v) is 2.06. The lowest BCUT2D eigenvalue weighted by Crippen LogP contribution is -2.45. The van der Waals surface area contributed by atoms with Crippen LogP contribution in [0.4, 0.5) is 0 Å². The summed E-state index contributed by atoms with van der Waals surface area (Å²) >= 11 is 0. The van der Waals surface area contributed by atoms with Crippen LogP contribution in [0.2, 0.25) is 0 Å². The predicted octanol–water partition coefficient (Wildman–Crippen LogP) is 0.443. The van der Waals surface area contributed by atoms with Crippen molar-refractivity contribution < 1.29 is 9.53 Å². The Hall–Kier alpha value is -1.53. The third-order valence-electron chi connectivity index (χ3n) is 3.51. The second kappa shape index (κ2) is 7.31. The van der Waals surface area contributed by atoms with Gasteiger partial charge in [-0.3, -0.25) is 9.88 Å². The molecule has 0 aromatic carbocycles. The number of nitrogens with zero attached hydrogens (tertiary/aromatic N) is 4. The molecule has 0 radical (unpaired) electrons. The van der Waals surface area contributed by atoms with E-state index in [0.717, 1.165) is 44.8 Å². The van der Waals surface area contributed by atoms with E-state index in [1.165, 1.54) is 6.20 Å². The summed E-state index contributed by atoms with van der Waals surface area (Å²) < 4.78 is 5.23. The number of aromatic nitrogens is 2. The van der Waals surface area contributed by atoms with Crippen LogP contribution in [0.1, 0.15) is 23.1 Å². The molecule has 1 aromatic heterocycles. The highest BCUT2D eigenvalue weighted by Gasteiger charge is 2.14. The molecule has 2 heterocycles. The Morgan fingerprint density at radius 1 is 1.25 bits per heavy atom. The molecule has 0 amide bonds. The molecule has 1 saturated heterocycles. The van der Waals surface area contributed by atoms with E-state index in [2.05, 4.69) is 26.8 Å². The lowest BCUT2D eigenvalue weighted by molar-refractivity contribution is 0.0425. The molecular formula is C14H22N4O2. The fraction of sp³-hybridized carbons (Fsp3) is 0.643. The van der Waals surface area contributed by atoms with Gasteiger partial charge >= 0.3 is 5.97 Å². The van der Waals surface area contributed by atoms with Crippen molar-refractivity contribution in [2.24, 2.45) is 0 Å². The Bertz CT molecular complexity index is 427. The number of likely N-dealkylation sites (N-methyl/N-ethyl adjacent to an activating group) is 1. The van der Waals surface area contributed by atoms with Gasteiger partial charge in [0.1, 0.15) is 6.61 Å². The van der Waals surface area contributed by atoms with Crippen LogP contribution >= 0.6 is 0 Å². The first-order valence-electron chi connectivity index (χ1n) is 7.08. The number of ether oxygens (including phenoxy) is 1. The topological polar surface area (TPSA) is 58.6 Å². The van der Waals surface area contributed by atoms with E-state index in [9.17, 15) is 4.79 Å². The summed E-state index contributed by atoms with van der Waals surface area (Å²) in [6.07, 6.45) is 3.92. The number of hydrogen-bond acceptors (Lipinski definition) is 6. The molecule has 20 heavy (non-hydrogen) atoms. The number of esters is 1. The summed E-state index contributed by atoms with van der Waals surface area (Å²) in [5, 5.41) is 0. The van der Waals surface area contributed by atoms with Crippen LogP contribution in [0.25, 0.3) is 0 Å². The van der Waals surface area contributed by atoms with E-state index < -0.39 is 5.97 Å². The second-order valence-corrected chi connectivity index (χ2v) is 5.03. The van der Waals surface area contributed by atoms with Crippen molar-refractivity contribution >= 4 is 5.97 Å². The zero-order valence-electron chi connectivity index (χ0n) is 12.2. The van der Waals surface area contributed by atoms with E-state index in [4.69, 9.17) is 4.74 Å². The number of aryl methyl sites for hydroxylation is 1. The smallest absolute Gasteiger partial charge is 0.358 e. The number of rotatable bonds is 5. The van der Waals surface area contributed by atoms with E-state index in [1.807, 2.05) is 6.92 Å². The molecule has 0 N–H and O–H groups in total. The first-order valence-corrected chi connectivity index (χ1v) is 7.08. The third kappa shape index (κ3) is 4.25. The van der Waals surface area contributed by atoms with Gasteiger partial charge in [-0.25, -0.2) is 9.78 Å². The molecule has 1 aliphatic heterocycles. The molecule has 0 bridgehead atoms. The van der Waals surface area contributed by atoms with E-state index in [0.29, 0.717) is 6.61 Å². The Kier molecular flexibility index (Phi) is 5.43. The highest BCUT2D eigenvalue weighted by molar-refractivity contribution is 5.86. The Balaban J connectivity index is 1.71. The van der Waals surface area contributed by atoms with Crippen LogP contribution in [0.3, 0.4) is 0 Å². The molecule has 6 heteroatoms. The number of piperazine rings is 1. The molecule has 1 aliphatic rings. The summed E-state index contributed by atoms with van der Waals surface area (Å²) in [7, 11) is 2.12. The van der Waals surface area contributed by atoms with Crippen molar-refractivity contribution in [3.05, 3.63) is 23.8 Å². The maximum absolute atomic E-state index is 11.8. The van der Waals surface area contributed by atoms with E-state index in [1.54, 1.807) is 6.20 Å². The van der Waals surface area contributed by atoms with Crippen molar-refractivity contribution in [3.63, 3.8) is 0 Å². The van der Waals surface area contributed by atoms with Crippen molar-refractivity contribution in [3.8, 4) is 0 Å². The van der Waals surface area contributed by atoms with Gasteiger partial charge < -0.3 is 9.64 Å². The maximum atomic E-state index is 11.8. The van der Waals surface area contributed by atoms with Gasteiger partial charge in [0.15, 0.2) is 5.69 Å². The van der Waals surface area contributed by atoms with Gasteiger partial charge in [-0.2, -0.15) is 0 Å². The van der Waals surface area contributed by atoms with E-state index in [-0.39, 0.29) is 5.69 Å². The quantitative estimate of drug-likeness (QED) is 0.729. The summed E-state index contributed by atoms with van der Waals surface area (Å²) in [6.45, 7) is 7.37. The van der Waals surface area contributed by atoms with Gasteiger partial charge in [0, 0.05) is 38.9 Å². The predicted molar refractivity (Wildman–Crippen MR) is 75.6 cm³/mol. The van der Waals surface area contributed by atoms with Gasteiger partial charge in [-0.1, -0.05) is 6.92 Å². The SMILES string of the molecule is CCc1cnc(C(=O)OCCN2CCN(C)CC2)cn1. The largest absolute Gasteiger partial charge is 0.460 e. The minimum atomic E-state index is -0.394. The Morgan fingerprint density at radius 3 is 2.60 bits per heavy atom. The van der Waals surface area contributed by atoms with Gasteiger partial charge in [0.2, 0.25) is 0 Å². The molecular weight excluding hydrogens is 256 g/mol. The minimum Gasteiger partial charge on any atom is -0.460 e. The number of hydrogen-bond donors (Lipinski definition) is 0. The average molecular weight is 278 g/mol. The standard InChI is InChI=1S/C14H22N4O2/c1-3-12-10-16-13(11-15-12)14(19)20-9-8-18-6-4-17(2)5-7-18/h10-11H,3-9H2,1-2H3. The Morgan fingerprint density at radius 2 is 2.00 bits per heavy atom. The van der Waals surface area contributed by atoms with Crippen LogP contribution in [0.15, 0.2) is 12.4 Å². The van der Waals surface area contributed by atoms with Crippen molar-refractivity contribution in [2.45, 2.75) is 13.3 Å². The van der Waals surface area contributed by atoms with Gasteiger partial charge in [-0.05, 0) is 13.5 Å². The lowest BCUT2D eigenvalue weighted by atomic mass is 10.3. The summed E-state index contributed by atoms with van der Waals surface area (Å²) in [4.78, 5) is 24.6. The molecule has 0 atom stereocenters. The molecule has 0 spiro atoms. The maximum Gasteiger partial charge on any atom is 0.358 e. The zero-order valence-corrected chi connectivity index (χ0v) is 12.2. The van der Waals surface area contributed by atoms with Crippen molar-refractivity contribution in [1.29, 1.82) is 0 Å². The molecule has 0 saturated carbocycles. The van der Waals surface area contributed by atoms with E-state index >= 15 is 0 Å². The molecule has 0 aliphatic carbocycles. The highest BCUT2D eigenvalue weighted by atomic mass is 16.5. The number of carbonyl (C=O) groups excluding carboxylic acids is 1. The van der Waals surface area contributed by atoms with Gasteiger partial charge in [-0.15, -0.1) is 0 Å². The van der Waals surface area contributed by atoms with Crippen LogP contribution in [-0.2, 0) is 11.2 Å². The lowest BCUT2D eigenvalue weighted by Gasteiger charge is -2.31. The highest BCUT2D eigenvalue weighted by Crippen LogP contribution is 2.01. The van der Waals surface area contributed by atoms with Crippen LogP contribution in [-0.4, -0.2) is 72.1 Å². The van der Waals surface area contributed by atoms with Gasteiger partial charge in [0.05, 0.1) is 11.9 Å². The van der Waals surface area contributed by atoms with Crippen molar-refractivity contribution in [1.82, 2.24) is 19.8 Å². The monoisotopic (exact) mass is 278 g/mol. The normalized spacial score (nSPS) is 17.1. The number of carbonyl (C=O) groups is 1. The first-order chi connectivity index (χ1) is 9.69. The first kappa shape index (κ1) is 14.9. The fourth-order valence-electron chi connectivity index (χ4n) is 2.06. The summed E-state index contributed by atoms with van der Waals surface area (Å²) in [6, 6.07) is 0. The van der Waals surface area contributed by atoms with Crippen LogP contribution < -0.4 is 0 Å². The zero-order chi connectivity index (χ0) is 14.4. The van der Waals surface area contributed by atoms with Crippen LogP contribution in [0.5, 0.6) is 0 Å². The van der Waals surface area contributed by atoms with Crippen molar-refractivity contribution in [2.75, 3.05) is 46.4 Å². The van der Waals surface area contributed by atoms with Gasteiger partial charge in [0.25, 0.3) is 0 Å². The molecule has 2 rings (SSSR count). The minimum absolute atomic E-state index is 0.278. The Labute approximate surface area is 119 Å². The molecule has 0 unspecified atom stereocenters. The molecule has 1 aromatic rings.